The number of piperidine rings is 1. The average molecular weight is 263 g/mol. The maximum Gasteiger partial charge on any atom is 0.230 e. The van der Waals surface area contributed by atoms with Crippen LogP contribution in [0.25, 0.3) is 0 Å². The number of carbonyl (C=O) groups excluding carboxylic acids is 1. The lowest BCUT2D eigenvalue weighted by atomic mass is 9.88. The summed E-state index contributed by atoms with van der Waals surface area (Å²) < 4.78 is 5.41. The van der Waals surface area contributed by atoms with Crippen LogP contribution in [0.1, 0.15) is 75.4 Å². The minimum Gasteiger partial charge on any atom is -0.354 e. The van der Waals surface area contributed by atoms with Gasteiger partial charge in [-0.15, -0.1) is 0 Å². The van der Waals surface area contributed by atoms with Gasteiger partial charge in [-0.05, 0) is 26.2 Å². The predicted octanol–water partition coefficient (Wildman–Crippen LogP) is 2.50. The molecule has 1 aliphatic heterocycles. The van der Waals surface area contributed by atoms with E-state index in [0.717, 1.165) is 12.2 Å². The lowest BCUT2D eigenvalue weighted by Crippen LogP contribution is -2.39. The Morgan fingerprint density at radius 3 is 2.74 bits per heavy atom. The zero-order chi connectivity index (χ0) is 13.2. The molecule has 1 aromatic heterocycles. The first-order valence-electron chi connectivity index (χ1n) is 7.35. The fourth-order valence-corrected chi connectivity index (χ4v) is 3.25. The molecule has 2 fully saturated rings. The number of nitrogens with one attached hydrogen (secondary N) is 1. The van der Waals surface area contributed by atoms with E-state index in [-0.39, 0.29) is 17.9 Å². The van der Waals surface area contributed by atoms with Crippen molar-refractivity contribution in [3.05, 3.63) is 11.7 Å². The largest absolute Gasteiger partial charge is 0.354 e. The first kappa shape index (κ1) is 12.6. The molecule has 0 aromatic carbocycles. The summed E-state index contributed by atoms with van der Waals surface area (Å²) in [5.41, 5.74) is 0. The minimum absolute atomic E-state index is 0.0844. The Bertz CT molecular complexity index is 451. The molecule has 2 atom stereocenters. The van der Waals surface area contributed by atoms with Crippen molar-refractivity contribution in [1.29, 1.82) is 0 Å². The van der Waals surface area contributed by atoms with Gasteiger partial charge in [-0.1, -0.05) is 24.4 Å². The van der Waals surface area contributed by atoms with Crippen LogP contribution in [0, 0.1) is 0 Å². The second kappa shape index (κ2) is 5.31. The molecule has 2 heterocycles. The third kappa shape index (κ3) is 2.80. The van der Waals surface area contributed by atoms with E-state index < -0.39 is 0 Å². The summed E-state index contributed by atoms with van der Waals surface area (Å²) in [6.07, 6.45) is 7.53. The smallest absolute Gasteiger partial charge is 0.230 e. The van der Waals surface area contributed by atoms with Gasteiger partial charge >= 0.3 is 0 Å². The van der Waals surface area contributed by atoms with Crippen molar-refractivity contribution in [2.24, 2.45) is 0 Å². The lowest BCUT2D eigenvalue weighted by Gasteiger charge is -2.24. The van der Waals surface area contributed by atoms with Crippen molar-refractivity contribution in [2.75, 3.05) is 0 Å². The van der Waals surface area contributed by atoms with Gasteiger partial charge < -0.3 is 9.84 Å². The first-order valence-corrected chi connectivity index (χ1v) is 7.35. The number of carbonyl (C=O) groups is 1. The third-order valence-corrected chi connectivity index (χ3v) is 4.25. The van der Waals surface area contributed by atoms with Crippen LogP contribution in [0.4, 0.5) is 0 Å². The van der Waals surface area contributed by atoms with Gasteiger partial charge in [0.2, 0.25) is 11.8 Å². The van der Waals surface area contributed by atoms with Crippen molar-refractivity contribution in [3.8, 4) is 0 Å². The fourth-order valence-electron chi connectivity index (χ4n) is 3.25. The topological polar surface area (TPSA) is 68.0 Å². The van der Waals surface area contributed by atoms with E-state index in [4.69, 9.17) is 4.52 Å². The Kier molecular flexibility index (Phi) is 3.53. The third-order valence-electron chi connectivity index (χ3n) is 4.25. The second-order valence-corrected chi connectivity index (χ2v) is 5.93. The zero-order valence-electron chi connectivity index (χ0n) is 11.4. The van der Waals surface area contributed by atoms with Crippen molar-refractivity contribution < 1.29 is 9.32 Å². The summed E-state index contributed by atoms with van der Waals surface area (Å²) in [4.78, 5) is 16.1. The van der Waals surface area contributed by atoms with Gasteiger partial charge in [-0.25, -0.2) is 0 Å². The molecule has 2 aliphatic rings. The van der Waals surface area contributed by atoms with Crippen LogP contribution in [0.3, 0.4) is 0 Å². The predicted molar refractivity (Wildman–Crippen MR) is 69.7 cm³/mol. The number of nitrogens with zero attached hydrogens (tertiary/aromatic N) is 2. The number of amides is 1. The number of hydrogen-bond donors (Lipinski definition) is 1. The summed E-state index contributed by atoms with van der Waals surface area (Å²) in [6.45, 7) is 2.02. The Morgan fingerprint density at radius 1 is 1.21 bits per heavy atom. The van der Waals surface area contributed by atoms with E-state index >= 15 is 0 Å². The molecule has 1 aromatic rings. The molecule has 5 nitrogen and oxygen atoms in total. The summed E-state index contributed by atoms with van der Waals surface area (Å²) in [7, 11) is 0. The van der Waals surface area contributed by atoms with E-state index in [2.05, 4.69) is 15.5 Å². The summed E-state index contributed by atoms with van der Waals surface area (Å²) in [5.74, 6) is 2.14. The fraction of sp³-hybridized carbons (Fsp3) is 0.786. The Hall–Kier alpha value is -1.39. The molecule has 104 valence electrons. The molecular weight excluding hydrogens is 242 g/mol. The molecular formula is C14H21N3O2. The van der Waals surface area contributed by atoms with E-state index in [1.165, 1.54) is 32.1 Å². The van der Waals surface area contributed by atoms with Crippen LogP contribution < -0.4 is 5.32 Å². The Morgan fingerprint density at radius 2 is 2.00 bits per heavy atom. The molecule has 1 saturated heterocycles. The van der Waals surface area contributed by atoms with E-state index in [1.54, 1.807) is 0 Å². The van der Waals surface area contributed by atoms with Crippen LogP contribution in [0.2, 0.25) is 0 Å². The Labute approximate surface area is 113 Å². The van der Waals surface area contributed by atoms with Crippen molar-refractivity contribution in [2.45, 2.75) is 69.7 Å². The van der Waals surface area contributed by atoms with Gasteiger partial charge in [0.25, 0.3) is 0 Å². The number of hydrogen-bond acceptors (Lipinski definition) is 4. The molecule has 19 heavy (non-hydrogen) atoms. The highest BCUT2D eigenvalue weighted by Gasteiger charge is 2.30. The van der Waals surface area contributed by atoms with Gasteiger partial charge in [-0.3, -0.25) is 4.79 Å². The van der Waals surface area contributed by atoms with Crippen LogP contribution in [0.5, 0.6) is 0 Å². The quantitative estimate of drug-likeness (QED) is 0.890. The Balaban J connectivity index is 1.71. The minimum atomic E-state index is 0.0844. The molecule has 0 radical (unpaired) electrons. The maximum absolute atomic E-state index is 11.6. The second-order valence-electron chi connectivity index (χ2n) is 5.93. The molecule has 1 saturated carbocycles. The van der Waals surface area contributed by atoms with Gasteiger partial charge in [0.05, 0.1) is 0 Å². The maximum atomic E-state index is 11.6. The molecule has 0 unspecified atom stereocenters. The highest BCUT2D eigenvalue weighted by atomic mass is 16.5. The summed E-state index contributed by atoms with van der Waals surface area (Å²) in [5, 5.41) is 7.07. The molecule has 1 N–H and O–H groups in total. The first-order chi connectivity index (χ1) is 9.22. The van der Waals surface area contributed by atoms with Crippen LogP contribution >= 0.6 is 0 Å². The normalized spacial score (nSPS) is 29.2. The highest BCUT2D eigenvalue weighted by Crippen LogP contribution is 2.33. The highest BCUT2D eigenvalue weighted by molar-refractivity contribution is 5.77. The number of rotatable bonds is 2. The monoisotopic (exact) mass is 263 g/mol. The molecule has 1 amide bonds. The molecule has 0 spiro atoms. The standard InChI is InChI=1S/C14H21N3O2/c1-9-7-11(8-12(18)15-9)14-16-13(17-19-14)10-5-3-2-4-6-10/h9-11H,2-8H2,1H3,(H,15,18)/t9-,11-/m0/s1. The van der Waals surface area contributed by atoms with Gasteiger partial charge in [0, 0.05) is 24.3 Å². The van der Waals surface area contributed by atoms with Crippen molar-refractivity contribution in [1.82, 2.24) is 15.5 Å². The van der Waals surface area contributed by atoms with E-state index in [0.29, 0.717) is 18.2 Å². The van der Waals surface area contributed by atoms with Gasteiger partial charge in [0.15, 0.2) is 5.82 Å². The van der Waals surface area contributed by atoms with E-state index in [1.807, 2.05) is 6.92 Å². The molecule has 3 rings (SSSR count). The van der Waals surface area contributed by atoms with E-state index in [9.17, 15) is 4.79 Å². The van der Waals surface area contributed by atoms with Crippen LogP contribution in [-0.4, -0.2) is 22.1 Å². The van der Waals surface area contributed by atoms with Gasteiger partial charge in [-0.2, -0.15) is 4.98 Å². The van der Waals surface area contributed by atoms with Crippen LogP contribution in [-0.2, 0) is 4.79 Å². The van der Waals surface area contributed by atoms with Crippen molar-refractivity contribution in [3.63, 3.8) is 0 Å². The molecule has 5 heteroatoms. The molecule has 1 aliphatic carbocycles. The zero-order valence-corrected chi connectivity index (χ0v) is 11.4. The average Bonchev–Trinajstić information content (AvgIpc) is 2.88. The molecule has 0 bridgehead atoms. The summed E-state index contributed by atoms with van der Waals surface area (Å²) in [6, 6.07) is 0.191. The van der Waals surface area contributed by atoms with Gasteiger partial charge in [0.1, 0.15) is 0 Å². The van der Waals surface area contributed by atoms with Crippen molar-refractivity contribution >= 4 is 5.91 Å². The SMILES string of the molecule is C[C@H]1C[C@H](c2nc(C3CCCCC3)no2)CC(=O)N1. The van der Waals surface area contributed by atoms with Crippen LogP contribution in [0.15, 0.2) is 4.52 Å². The number of aromatic nitrogens is 2. The lowest BCUT2D eigenvalue weighted by molar-refractivity contribution is -0.123. The summed E-state index contributed by atoms with van der Waals surface area (Å²) >= 11 is 0.